The number of nitrogens with two attached hydrogens (primary N) is 1. The number of imide groups is 1. The van der Waals surface area contributed by atoms with Crippen molar-refractivity contribution in [3.8, 4) is 0 Å². The minimum atomic E-state index is -1.20. The van der Waals surface area contributed by atoms with E-state index in [0.717, 1.165) is 22.6 Å². The van der Waals surface area contributed by atoms with E-state index in [2.05, 4.69) is 5.32 Å². The first-order chi connectivity index (χ1) is 14.8. The van der Waals surface area contributed by atoms with Crippen LogP contribution in [-0.4, -0.2) is 41.2 Å². The maximum atomic E-state index is 13.6. The van der Waals surface area contributed by atoms with Gasteiger partial charge in [-0.05, 0) is 30.2 Å². The molecule has 3 N–H and O–H groups in total. The van der Waals surface area contributed by atoms with Gasteiger partial charge in [-0.25, -0.2) is 8.78 Å². The van der Waals surface area contributed by atoms with Crippen molar-refractivity contribution in [1.29, 1.82) is 0 Å². The van der Waals surface area contributed by atoms with Gasteiger partial charge in [0.1, 0.15) is 17.7 Å². The molecule has 3 amide bonds. The zero-order valence-electron chi connectivity index (χ0n) is 16.9. The van der Waals surface area contributed by atoms with E-state index in [9.17, 15) is 23.2 Å². The fourth-order valence-corrected chi connectivity index (χ4v) is 3.60. The van der Waals surface area contributed by atoms with Gasteiger partial charge in [-0.3, -0.25) is 19.3 Å². The number of hydrogen-bond acceptors (Lipinski definition) is 4. The highest BCUT2D eigenvalue weighted by Gasteiger charge is 2.41. The molecule has 0 aliphatic carbocycles. The molecule has 2 aromatic carbocycles. The van der Waals surface area contributed by atoms with Crippen LogP contribution in [0.25, 0.3) is 0 Å². The third-order valence-electron chi connectivity index (χ3n) is 4.98. The van der Waals surface area contributed by atoms with Crippen molar-refractivity contribution in [3.05, 3.63) is 83.4 Å². The average molecular weight is 427 g/mol. The van der Waals surface area contributed by atoms with Crippen LogP contribution in [0.1, 0.15) is 24.0 Å². The molecule has 0 bridgehead atoms. The van der Waals surface area contributed by atoms with Gasteiger partial charge < -0.3 is 11.1 Å². The van der Waals surface area contributed by atoms with Crippen LogP contribution in [0.3, 0.4) is 0 Å². The van der Waals surface area contributed by atoms with Gasteiger partial charge in [0.05, 0.1) is 12.5 Å². The zero-order chi connectivity index (χ0) is 22.5. The van der Waals surface area contributed by atoms with Crippen LogP contribution in [0.2, 0.25) is 0 Å². The van der Waals surface area contributed by atoms with Gasteiger partial charge >= 0.3 is 0 Å². The molecule has 0 unspecified atom stereocenters. The number of amides is 3. The normalized spacial score (nSPS) is 19.3. The van der Waals surface area contributed by atoms with Crippen LogP contribution in [0.5, 0.6) is 0 Å². The van der Waals surface area contributed by atoms with Crippen molar-refractivity contribution in [2.24, 2.45) is 5.73 Å². The van der Waals surface area contributed by atoms with E-state index in [1.165, 1.54) is 6.92 Å². The molecule has 31 heavy (non-hydrogen) atoms. The average Bonchev–Trinajstić information content (AvgIpc) is 2.90. The summed E-state index contributed by atoms with van der Waals surface area (Å²) in [6.45, 7) is 1.65. The number of halogens is 2. The molecule has 2 aromatic rings. The summed E-state index contributed by atoms with van der Waals surface area (Å²) in [6.07, 6.45) is 3.03. The van der Waals surface area contributed by atoms with E-state index in [1.807, 2.05) is 6.07 Å². The van der Waals surface area contributed by atoms with Crippen molar-refractivity contribution in [3.63, 3.8) is 0 Å². The van der Waals surface area contributed by atoms with E-state index in [0.29, 0.717) is 6.07 Å². The van der Waals surface area contributed by atoms with Crippen LogP contribution in [-0.2, 0) is 20.8 Å². The maximum Gasteiger partial charge on any atom is 0.246 e. The van der Waals surface area contributed by atoms with Crippen molar-refractivity contribution in [2.75, 3.05) is 6.54 Å². The topological polar surface area (TPSA) is 92.5 Å². The number of nitrogens with zero attached hydrogens (tertiary/aromatic N) is 1. The van der Waals surface area contributed by atoms with Gasteiger partial charge in [0.2, 0.25) is 17.7 Å². The minimum absolute atomic E-state index is 0.0470. The predicted molar refractivity (Wildman–Crippen MR) is 111 cm³/mol. The lowest BCUT2D eigenvalue weighted by Gasteiger charge is -2.34. The Labute approximate surface area is 178 Å². The summed E-state index contributed by atoms with van der Waals surface area (Å²) in [5.74, 6) is -4.34. The monoisotopic (exact) mass is 427 g/mol. The molecule has 0 radical (unpaired) electrons. The summed E-state index contributed by atoms with van der Waals surface area (Å²) in [5, 5.41) is 2.67. The van der Waals surface area contributed by atoms with Crippen LogP contribution < -0.4 is 11.1 Å². The number of carbonyl (C=O) groups is 3. The fourth-order valence-electron chi connectivity index (χ4n) is 3.60. The van der Waals surface area contributed by atoms with Gasteiger partial charge in [-0.2, -0.15) is 0 Å². The van der Waals surface area contributed by atoms with Crippen LogP contribution in [0, 0.1) is 11.6 Å². The fraction of sp³-hybridized carbons (Fsp3) is 0.261. The molecule has 0 saturated heterocycles. The standard InChI is InChI=1S/C23H23F2N3O3/c1-14(26)23(31)28(20(29)12-15-10-17(24)13-18(25)11-15)21-19(8-5-9-27-22(21)30)16-6-3-2-4-7-16/h2-8,10-11,13-14,19,21H,9,12,26H2,1H3,(H,27,30)/t14-,19+,21-/m0/s1. The SMILES string of the molecule is C[C@H](N)C(=O)N(C(=O)Cc1cc(F)cc(F)c1)[C@@H]1C(=O)NCC=C[C@@H]1c1ccccc1. The lowest BCUT2D eigenvalue weighted by atomic mass is 9.89. The number of nitrogens with one attached hydrogen (secondary N) is 1. The smallest absolute Gasteiger partial charge is 0.246 e. The maximum absolute atomic E-state index is 13.6. The molecule has 162 valence electrons. The van der Waals surface area contributed by atoms with Crippen LogP contribution in [0.15, 0.2) is 60.7 Å². The number of benzene rings is 2. The van der Waals surface area contributed by atoms with Crippen molar-refractivity contribution >= 4 is 17.7 Å². The van der Waals surface area contributed by atoms with E-state index in [-0.39, 0.29) is 12.1 Å². The number of hydrogen-bond donors (Lipinski definition) is 2. The van der Waals surface area contributed by atoms with Gasteiger partial charge in [-0.15, -0.1) is 0 Å². The molecular formula is C23H23F2N3O3. The van der Waals surface area contributed by atoms with Gasteiger partial charge in [0.15, 0.2) is 0 Å². The molecule has 0 saturated carbocycles. The second-order valence-electron chi connectivity index (χ2n) is 7.40. The molecule has 0 fully saturated rings. The Kier molecular flexibility index (Phi) is 6.91. The molecule has 6 nitrogen and oxygen atoms in total. The van der Waals surface area contributed by atoms with Crippen molar-refractivity contribution in [2.45, 2.75) is 31.3 Å². The summed E-state index contributed by atoms with van der Waals surface area (Å²) >= 11 is 0. The highest BCUT2D eigenvalue weighted by molar-refractivity contribution is 6.03. The first-order valence-corrected chi connectivity index (χ1v) is 9.83. The molecule has 3 atom stereocenters. The molecule has 3 rings (SSSR count). The van der Waals surface area contributed by atoms with E-state index < -0.39 is 53.8 Å². The first kappa shape index (κ1) is 22.3. The number of rotatable bonds is 5. The second kappa shape index (κ2) is 9.61. The molecule has 1 aliphatic heterocycles. The summed E-state index contributed by atoms with van der Waals surface area (Å²) in [4.78, 5) is 40.0. The minimum Gasteiger partial charge on any atom is -0.351 e. The quantitative estimate of drug-likeness (QED) is 0.715. The Balaban J connectivity index is 2.04. The zero-order valence-corrected chi connectivity index (χ0v) is 16.9. The van der Waals surface area contributed by atoms with Crippen LogP contribution >= 0.6 is 0 Å². The molecule has 8 heteroatoms. The highest BCUT2D eigenvalue weighted by atomic mass is 19.1. The van der Waals surface area contributed by atoms with Gasteiger partial charge in [0, 0.05) is 18.5 Å². The first-order valence-electron chi connectivity index (χ1n) is 9.83. The predicted octanol–water partition coefficient (Wildman–Crippen LogP) is 2.05. The molecule has 0 aromatic heterocycles. The molecular weight excluding hydrogens is 404 g/mol. The summed E-state index contributed by atoms with van der Waals surface area (Å²) in [7, 11) is 0. The summed E-state index contributed by atoms with van der Waals surface area (Å²) in [5.41, 5.74) is 6.55. The Hall–Kier alpha value is -3.39. The summed E-state index contributed by atoms with van der Waals surface area (Å²) in [6, 6.07) is 9.42. The van der Waals surface area contributed by atoms with Crippen LogP contribution in [0.4, 0.5) is 8.78 Å². The Morgan fingerprint density at radius 2 is 1.81 bits per heavy atom. The van der Waals surface area contributed by atoms with Gasteiger partial charge in [-0.1, -0.05) is 42.5 Å². The third kappa shape index (κ3) is 5.21. The van der Waals surface area contributed by atoms with Gasteiger partial charge in [0.25, 0.3) is 0 Å². The van der Waals surface area contributed by atoms with Crippen molar-refractivity contribution in [1.82, 2.24) is 10.2 Å². The molecule has 1 heterocycles. The summed E-state index contributed by atoms with van der Waals surface area (Å²) < 4.78 is 27.2. The Morgan fingerprint density at radius 3 is 2.42 bits per heavy atom. The molecule has 0 spiro atoms. The lowest BCUT2D eigenvalue weighted by Crippen LogP contribution is -2.57. The number of carbonyl (C=O) groups excluding carboxylic acids is 3. The second-order valence-corrected chi connectivity index (χ2v) is 7.40. The van der Waals surface area contributed by atoms with Crippen molar-refractivity contribution < 1.29 is 23.2 Å². The largest absolute Gasteiger partial charge is 0.351 e. The lowest BCUT2D eigenvalue weighted by molar-refractivity contribution is -0.152. The Morgan fingerprint density at radius 1 is 1.16 bits per heavy atom. The van der Waals surface area contributed by atoms with E-state index in [1.54, 1.807) is 36.4 Å². The van der Waals surface area contributed by atoms with E-state index >= 15 is 0 Å². The highest BCUT2D eigenvalue weighted by Crippen LogP contribution is 2.28. The third-order valence-corrected chi connectivity index (χ3v) is 4.98. The Bertz CT molecular complexity index is 988. The van der Waals surface area contributed by atoms with E-state index in [4.69, 9.17) is 5.73 Å². The molecule has 1 aliphatic rings.